The Hall–Kier alpha value is -4.00. The number of para-hydroxylation sites is 1. The third-order valence-corrected chi connectivity index (χ3v) is 5.76. The fourth-order valence-corrected chi connectivity index (χ4v) is 4.10. The Labute approximate surface area is 190 Å². The second kappa shape index (κ2) is 8.86. The third kappa shape index (κ3) is 4.35. The van der Waals surface area contributed by atoms with Gasteiger partial charge in [-0.2, -0.15) is 0 Å². The molecular formula is C26H24N2O5. The predicted octanol–water partition coefficient (Wildman–Crippen LogP) is 5.28. The number of fused-ring (bicyclic) bond motifs is 4. The van der Waals surface area contributed by atoms with Gasteiger partial charge in [-0.05, 0) is 48.7 Å². The van der Waals surface area contributed by atoms with Gasteiger partial charge in [0, 0.05) is 35.4 Å². The number of benzene rings is 3. The van der Waals surface area contributed by atoms with Crippen molar-refractivity contribution in [2.75, 3.05) is 24.4 Å². The van der Waals surface area contributed by atoms with Gasteiger partial charge in [-0.15, -0.1) is 0 Å². The Kier molecular flexibility index (Phi) is 5.60. The number of amides is 2. The molecule has 2 heterocycles. The van der Waals surface area contributed by atoms with Crippen LogP contribution in [0.2, 0.25) is 0 Å². The molecule has 0 bridgehead atoms. The number of carbonyl (C=O) groups is 2. The number of nitrogens with one attached hydrogen (secondary N) is 2. The van der Waals surface area contributed by atoms with E-state index in [1.54, 1.807) is 13.2 Å². The summed E-state index contributed by atoms with van der Waals surface area (Å²) in [7, 11) is 1.58. The molecule has 1 aliphatic heterocycles. The van der Waals surface area contributed by atoms with Crippen LogP contribution < -0.4 is 20.1 Å². The van der Waals surface area contributed by atoms with E-state index >= 15 is 0 Å². The highest BCUT2D eigenvalue weighted by Crippen LogP contribution is 2.36. The summed E-state index contributed by atoms with van der Waals surface area (Å²) < 4.78 is 17.2. The highest BCUT2D eigenvalue weighted by Gasteiger charge is 2.16. The van der Waals surface area contributed by atoms with E-state index in [0.717, 1.165) is 33.4 Å². The lowest BCUT2D eigenvalue weighted by Crippen LogP contribution is -2.18. The minimum Gasteiger partial charge on any atom is -0.495 e. The number of rotatable bonds is 7. The van der Waals surface area contributed by atoms with Crippen LogP contribution in [0.15, 0.2) is 59.0 Å². The molecule has 5 rings (SSSR count). The zero-order chi connectivity index (χ0) is 22.8. The van der Waals surface area contributed by atoms with E-state index in [1.165, 1.54) is 0 Å². The van der Waals surface area contributed by atoms with Gasteiger partial charge in [0.05, 0.1) is 19.4 Å². The molecule has 0 saturated heterocycles. The van der Waals surface area contributed by atoms with Gasteiger partial charge in [-0.1, -0.05) is 18.2 Å². The summed E-state index contributed by atoms with van der Waals surface area (Å²) in [5, 5.41) is 7.73. The van der Waals surface area contributed by atoms with Crippen LogP contribution in [-0.4, -0.2) is 25.5 Å². The molecule has 4 aromatic rings. The molecule has 0 aliphatic carbocycles. The molecule has 2 amide bonds. The first-order chi connectivity index (χ1) is 16.1. The third-order valence-electron chi connectivity index (χ3n) is 5.76. The number of carbonyl (C=O) groups excluding carboxylic acids is 2. The lowest BCUT2D eigenvalue weighted by atomic mass is 10.0. The van der Waals surface area contributed by atoms with Gasteiger partial charge in [0.2, 0.25) is 11.8 Å². The molecule has 0 fully saturated rings. The molecule has 0 spiro atoms. The zero-order valence-corrected chi connectivity index (χ0v) is 18.3. The molecule has 2 N–H and O–H groups in total. The van der Waals surface area contributed by atoms with Gasteiger partial charge in [-0.25, -0.2) is 0 Å². The SMILES string of the molecule is COc1cc2c(cc1NC(=O)CCCOc1ccc3c(c1)CCC(=O)N3)oc1ccccc12. The van der Waals surface area contributed by atoms with Crippen LogP contribution in [0, 0.1) is 0 Å². The van der Waals surface area contributed by atoms with Gasteiger partial charge in [0.1, 0.15) is 22.7 Å². The lowest BCUT2D eigenvalue weighted by molar-refractivity contribution is -0.117. The predicted molar refractivity (Wildman–Crippen MR) is 127 cm³/mol. The molecule has 7 nitrogen and oxygen atoms in total. The van der Waals surface area contributed by atoms with E-state index in [1.807, 2.05) is 48.5 Å². The van der Waals surface area contributed by atoms with Gasteiger partial charge in [-0.3, -0.25) is 9.59 Å². The molecule has 168 valence electrons. The fraction of sp³-hybridized carbons (Fsp3) is 0.231. The fourth-order valence-electron chi connectivity index (χ4n) is 4.10. The lowest BCUT2D eigenvalue weighted by Gasteiger charge is -2.17. The normalized spacial score (nSPS) is 12.9. The first kappa shape index (κ1) is 20.9. The topological polar surface area (TPSA) is 89.8 Å². The Morgan fingerprint density at radius 2 is 1.94 bits per heavy atom. The maximum Gasteiger partial charge on any atom is 0.224 e. The Bertz CT molecular complexity index is 1360. The first-order valence-corrected chi connectivity index (χ1v) is 11.0. The van der Waals surface area contributed by atoms with Gasteiger partial charge in [0.25, 0.3) is 0 Å². The molecule has 1 aromatic heterocycles. The summed E-state index contributed by atoms with van der Waals surface area (Å²) in [6.07, 6.45) is 2.06. The quantitative estimate of drug-likeness (QED) is 0.379. The highest BCUT2D eigenvalue weighted by atomic mass is 16.5. The molecule has 33 heavy (non-hydrogen) atoms. The summed E-state index contributed by atoms with van der Waals surface area (Å²) >= 11 is 0. The Balaban J connectivity index is 1.19. The second-order valence-corrected chi connectivity index (χ2v) is 8.01. The van der Waals surface area contributed by atoms with Gasteiger partial charge >= 0.3 is 0 Å². The second-order valence-electron chi connectivity index (χ2n) is 8.01. The number of furan rings is 1. The number of aryl methyl sites for hydroxylation is 1. The van der Waals surface area contributed by atoms with Crippen LogP contribution in [0.5, 0.6) is 11.5 Å². The van der Waals surface area contributed by atoms with Crippen molar-refractivity contribution >= 4 is 45.1 Å². The van der Waals surface area contributed by atoms with Crippen molar-refractivity contribution in [1.82, 2.24) is 0 Å². The maximum absolute atomic E-state index is 12.5. The van der Waals surface area contributed by atoms with E-state index in [2.05, 4.69) is 10.6 Å². The van der Waals surface area contributed by atoms with E-state index in [4.69, 9.17) is 13.9 Å². The number of ether oxygens (including phenoxy) is 2. The van der Waals surface area contributed by atoms with Crippen molar-refractivity contribution in [3.05, 3.63) is 60.2 Å². The molecular weight excluding hydrogens is 420 g/mol. The number of methoxy groups -OCH3 is 1. The highest BCUT2D eigenvalue weighted by molar-refractivity contribution is 6.07. The minimum atomic E-state index is -0.125. The van der Waals surface area contributed by atoms with Crippen molar-refractivity contribution in [1.29, 1.82) is 0 Å². The zero-order valence-electron chi connectivity index (χ0n) is 18.3. The minimum absolute atomic E-state index is 0.0401. The van der Waals surface area contributed by atoms with Crippen LogP contribution in [0.1, 0.15) is 24.8 Å². The maximum atomic E-state index is 12.5. The summed E-state index contributed by atoms with van der Waals surface area (Å²) in [5.41, 5.74) is 3.97. The summed E-state index contributed by atoms with van der Waals surface area (Å²) in [6, 6.07) is 17.1. The van der Waals surface area contributed by atoms with Gasteiger partial charge < -0.3 is 24.5 Å². The average molecular weight is 444 g/mol. The van der Waals surface area contributed by atoms with E-state index in [9.17, 15) is 9.59 Å². The molecule has 0 unspecified atom stereocenters. The molecule has 0 atom stereocenters. The molecule has 1 aliphatic rings. The van der Waals surface area contributed by atoms with Crippen molar-refractivity contribution in [2.24, 2.45) is 0 Å². The first-order valence-electron chi connectivity index (χ1n) is 11.0. The van der Waals surface area contributed by atoms with Crippen LogP contribution >= 0.6 is 0 Å². The van der Waals surface area contributed by atoms with E-state index in [0.29, 0.717) is 49.3 Å². The number of anilines is 2. The monoisotopic (exact) mass is 444 g/mol. The van der Waals surface area contributed by atoms with Crippen molar-refractivity contribution < 1.29 is 23.5 Å². The summed E-state index contributed by atoms with van der Waals surface area (Å²) in [6.45, 7) is 0.415. The molecule has 3 aromatic carbocycles. The van der Waals surface area contributed by atoms with E-state index < -0.39 is 0 Å². The summed E-state index contributed by atoms with van der Waals surface area (Å²) in [5.74, 6) is 1.24. The molecule has 0 radical (unpaired) electrons. The largest absolute Gasteiger partial charge is 0.495 e. The van der Waals surface area contributed by atoms with Gasteiger partial charge in [0.15, 0.2) is 0 Å². The van der Waals surface area contributed by atoms with E-state index in [-0.39, 0.29) is 11.8 Å². The van der Waals surface area contributed by atoms with Crippen LogP contribution in [0.25, 0.3) is 21.9 Å². The average Bonchev–Trinajstić information content (AvgIpc) is 3.18. The van der Waals surface area contributed by atoms with Crippen molar-refractivity contribution in [3.63, 3.8) is 0 Å². The molecule has 7 heteroatoms. The summed E-state index contributed by atoms with van der Waals surface area (Å²) in [4.78, 5) is 24.0. The van der Waals surface area contributed by atoms with Crippen LogP contribution in [-0.2, 0) is 16.0 Å². The van der Waals surface area contributed by atoms with Crippen molar-refractivity contribution in [2.45, 2.75) is 25.7 Å². The van der Waals surface area contributed by atoms with Crippen LogP contribution in [0.3, 0.4) is 0 Å². The Morgan fingerprint density at radius 1 is 1.06 bits per heavy atom. The number of hydrogen-bond donors (Lipinski definition) is 2. The van der Waals surface area contributed by atoms with Crippen LogP contribution in [0.4, 0.5) is 11.4 Å². The standard InChI is InChI=1S/C26H24N2O5/c1-31-24-14-19-18-5-2-3-6-22(18)33-23(19)15-21(24)28-25(29)7-4-12-32-17-9-10-20-16(13-17)8-11-26(30)27-20/h2-3,5-6,9-10,13-15H,4,7-8,11-12H2,1H3,(H,27,30)(H,28,29). The molecule has 0 saturated carbocycles. The van der Waals surface area contributed by atoms with Crippen molar-refractivity contribution in [3.8, 4) is 11.5 Å². The smallest absolute Gasteiger partial charge is 0.224 e. The number of hydrogen-bond acceptors (Lipinski definition) is 5. The Morgan fingerprint density at radius 3 is 2.82 bits per heavy atom.